The lowest BCUT2D eigenvalue weighted by molar-refractivity contribution is 0.102. The summed E-state index contributed by atoms with van der Waals surface area (Å²) in [5.41, 5.74) is 4.47. The molecule has 0 aliphatic carbocycles. The lowest BCUT2D eigenvalue weighted by atomic mass is 10.1. The van der Waals surface area contributed by atoms with Gasteiger partial charge in [0.1, 0.15) is 18.1 Å². The number of ether oxygens (including phenoxy) is 2. The van der Waals surface area contributed by atoms with Gasteiger partial charge in [-0.25, -0.2) is 0 Å². The number of thioether (sulfide) groups is 1. The van der Waals surface area contributed by atoms with E-state index < -0.39 is 0 Å². The van der Waals surface area contributed by atoms with Crippen LogP contribution in [-0.2, 0) is 6.61 Å². The molecule has 3 rings (SSSR count). The third-order valence-corrected chi connectivity index (χ3v) is 5.27. The lowest BCUT2D eigenvalue weighted by Crippen LogP contribution is -2.13. The van der Waals surface area contributed by atoms with Crippen LogP contribution in [0.4, 0.5) is 5.69 Å². The fourth-order valence-electron chi connectivity index (χ4n) is 3.21. The molecule has 0 radical (unpaired) electrons. The molecule has 0 atom stereocenters. The second kappa shape index (κ2) is 10.2. The minimum Gasteiger partial charge on any atom is -0.493 e. The topological polar surface area (TPSA) is 47.6 Å². The fourth-order valence-corrected chi connectivity index (χ4v) is 3.67. The molecule has 3 aromatic carbocycles. The molecule has 3 aromatic rings. The minimum atomic E-state index is -0.163. The summed E-state index contributed by atoms with van der Waals surface area (Å²) in [6, 6.07) is 19.3. The Labute approximate surface area is 182 Å². The number of amides is 1. The molecule has 4 nitrogen and oxygen atoms in total. The van der Waals surface area contributed by atoms with Gasteiger partial charge in [-0.1, -0.05) is 12.1 Å². The van der Waals surface area contributed by atoms with Gasteiger partial charge in [0.2, 0.25) is 0 Å². The first-order valence-electron chi connectivity index (χ1n) is 9.90. The van der Waals surface area contributed by atoms with Crippen molar-refractivity contribution in [1.82, 2.24) is 0 Å². The minimum absolute atomic E-state index is 0.163. The summed E-state index contributed by atoms with van der Waals surface area (Å²) >= 11 is 1.64. The van der Waals surface area contributed by atoms with Crippen LogP contribution in [0.15, 0.2) is 65.6 Å². The number of rotatable bonds is 8. The third kappa shape index (κ3) is 5.80. The molecule has 0 saturated carbocycles. The molecule has 1 N–H and O–H groups in total. The summed E-state index contributed by atoms with van der Waals surface area (Å²) in [5, 5.41) is 2.97. The summed E-state index contributed by atoms with van der Waals surface area (Å²) < 4.78 is 11.8. The lowest BCUT2D eigenvalue weighted by Gasteiger charge is -2.14. The Morgan fingerprint density at radius 3 is 2.43 bits per heavy atom. The van der Waals surface area contributed by atoms with Gasteiger partial charge in [-0.15, -0.1) is 11.8 Å². The van der Waals surface area contributed by atoms with Gasteiger partial charge >= 0.3 is 0 Å². The zero-order valence-electron chi connectivity index (χ0n) is 17.8. The Morgan fingerprint density at radius 2 is 1.73 bits per heavy atom. The molecular formula is C25H27NO3S. The van der Waals surface area contributed by atoms with Crippen LogP contribution in [0.1, 0.15) is 34.0 Å². The van der Waals surface area contributed by atoms with Crippen molar-refractivity contribution in [2.24, 2.45) is 0 Å². The first-order chi connectivity index (χ1) is 14.5. The molecule has 30 heavy (non-hydrogen) atoms. The average Bonchev–Trinajstić information content (AvgIpc) is 2.72. The number of carbonyl (C=O) groups excluding carboxylic acids is 1. The van der Waals surface area contributed by atoms with Gasteiger partial charge in [0.15, 0.2) is 0 Å². The Hall–Kier alpha value is -2.92. The summed E-state index contributed by atoms with van der Waals surface area (Å²) in [7, 11) is 0. The van der Waals surface area contributed by atoms with E-state index in [9.17, 15) is 4.79 Å². The number of hydrogen-bond acceptors (Lipinski definition) is 4. The standard InChI is InChI=1S/C25H27NO3S/c1-5-28-24-10-9-19(25(27)26-21-7-6-8-23(15-21)30-4)14-20(24)16-29-22-12-17(2)11-18(3)13-22/h6-15H,5,16H2,1-4H3,(H,26,27). The second-order valence-corrected chi connectivity index (χ2v) is 7.93. The molecular weight excluding hydrogens is 394 g/mol. The van der Waals surface area contributed by atoms with Gasteiger partial charge < -0.3 is 14.8 Å². The highest BCUT2D eigenvalue weighted by atomic mass is 32.2. The second-order valence-electron chi connectivity index (χ2n) is 7.05. The summed E-state index contributed by atoms with van der Waals surface area (Å²) in [6.45, 7) is 6.89. The molecule has 0 fully saturated rings. The first kappa shape index (κ1) is 21.8. The molecule has 0 aliphatic heterocycles. The highest BCUT2D eigenvalue weighted by Crippen LogP contribution is 2.25. The number of hydrogen-bond donors (Lipinski definition) is 1. The molecule has 0 aliphatic rings. The van der Waals surface area contributed by atoms with Crippen molar-refractivity contribution in [2.75, 3.05) is 18.2 Å². The highest BCUT2D eigenvalue weighted by molar-refractivity contribution is 7.98. The number of aryl methyl sites for hydroxylation is 2. The molecule has 1 amide bonds. The maximum absolute atomic E-state index is 12.8. The van der Waals surface area contributed by atoms with E-state index in [4.69, 9.17) is 9.47 Å². The van der Waals surface area contributed by atoms with Crippen molar-refractivity contribution in [1.29, 1.82) is 0 Å². The largest absolute Gasteiger partial charge is 0.493 e. The summed E-state index contributed by atoms with van der Waals surface area (Å²) in [6.07, 6.45) is 2.01. The fraction of sp³-hybridized carbons (Fsp3) is 0.240. The Bertz CT molecular complexity index is 1010. The van der Waals surface area contributed by atoms with Gasteiger partial charge in [0.05, 0.1) is 6.61 Å². The summed E-state index contributed by atoms with van der Waals surface area (Å²) in [4.78, 5) is 13.9. The van der Waals surface area contributed by atoms with Crippen LogP contribution < -0.4 is 14.8 Å². The smallest absolute Gasteiger partial charge is 0.255 e. The zero-order chi connectivity index (χ0) is 21.5. The number of anilines is 1. The number of carbonyl (C=O) groups is 1. The Morgan fingerprint density at radius 1 is 0.967 bits per heavy atom. The highest BCUT2D eigenvalue weighted by Gasteiger charge is 2.12. The predicted octanol–water partition coefficient (Wildman–Crippen LogP) is 6.26. The van der Waals surface area contributed by atoms with Crippen LogP contribution in [0, 0.1) is 13.8 Å². The quantitative estimate of drug-likeness (QED) is 0.436. The molecule has 0 unspecified atom stereocenters. The van der Waals surface area contributed by atoms with Crippen LogP contribution in [0.25, 0.3) is 0 Å². The number of benzene rings is 3. The van der Waals surface area contributed by atoms with Crippen LogP contribution >= 0.6 is 11.8 Å². The predicted molar refractivity (Wildman–Crippen MR) is 124 cm³/mol. The van der Waals surface area contributed by atoms with E-state index in [1.165, 1.54) is 0 Å². The Kier molecular flexibility index (Phi) is 7.41. The SMILES string of the molecule is CCOc1ccc(C(=O)Nc2cccc(SC)c2)cc1COc1cc(C)cc(C)c1. The van der Waals surface area contributed by atoms with Crippen LogP contribution in [0.3, 0.4) is 0 Å². The third-order valence-electron chi connectivity index (χ3n) is 4.54. The zero-order valence-corrected chi connectivity index (χ0v) is 18.6. The van der Waals surface area contributed by atoms with Gasteiger partial charge in [-0.3, -0.25) is 4.79 Å². The average molecular weight is 422 g/mol. The van der Waals surface area contributed by atoms with Gasteiger partial charge in [-0.2, -0.15) is 0 Å². The van der Waals surface area contributed by atoms with E-state index in [-0.39, 0.29) is 5.91 Å². The van der Waals surface area contributed by atoms with E-state index in [0.29, 0.717) is 18.8 Å². The number of nitrogens with one attached hydrogen (secondary N) is 1. The van der Waals surface area contributed by atoms with Gasteiger partial charge in [0.25, 0.3) is 5.91 Å². The summed E-state index contributed by atoms with van der Waals surface area (Å²) in [5.74, 6) is 1.37. The first-order valence-corrected chi connectivity index (χ1v) is 11.1. The van der Waals surface area contributed by atoms with Crippen molar-refractivity contribution < 1.29 is 14.3 Å². The van der Waals surface area contributed by atoms with Gasteiger partial charge in [-0.05, 0) is 86.7 Å². The van der Waals surface area contributed by atoms with E-state index >= 15 is 0 Å². The van der Waals surface area contributed by atoms with Crippen LogP contribution in [-0.4, -0.2) is 18.8 Å². The van der Waals surface area contributed by atoms with Gasteiger partial charge in [0, 0.05) is 21.7 Å². The molecule has 0 aromatic heterocycles. The monoisotopic (exact) mass is 421 g/mol. The maximum Gasteiger partial charge on any atom is 0.255 e. The Balaban J connectivity index is 1.79. The molecule has 0 heterocycles. The van der Waals surface area contributed by atoms with Crippen molar-refractivity contribution in [3.05, 3.63) is 82.9 Å². The molecule has 0 saturated heterocycles. The van der Waals surface area contributed by atoms with Crippen molar-refractivity contribution in [3.8, 4) is 11.5 Å². The molecule has 156 valence electrons. The molecule has 0 bridgehead atoms. The van der Waals surface area contributed by atoms with E-state index in [1.807, 2.05) is 75.6 Å². The molecule has 5 heteroatoms. The van der Waals surface area contributed by atoms with E-state index in [0.717, 1.165) is 38.8 Å². The normalized spacial score (nSPS) is 10.5. The van der Waals surface area contributed by atoms with Crippen LogP contribution in [0.5, 0.6) is 11.5 Å². The van der Waals surface area contributed by atoms with E-state index in [2.05, 4.69) is 11.4 Å². The van der Waals surface area contributed by atoms with E-state index in [1.54, 1.807) is 17.8 Å². The van der Waals surface area contributed by atoms with Crippen LogP contribution in [0.2, 0.25) is 0 Å². The van der Waals surface area contributed by atoms with Crippen molar-refractivity contribution >= 4 is 23.4 Å². The molecule has 0 spiro atoms. The van der Waals surface area contributed by atoms with Crippen molar-refractivity contribution in [3.63, 3.8) is 0 Å². The maximum atomic E-state index is 12.8. The van der Waals surface area contributed by atoms with Crippen molar-refractivity contribution in [2.45, 2.75) is 32.3 Å².